The van der Waals surface area contributed by atoms with Crippen LogP contribution in [-0.2, 0) is 15.0 Å². The van der Waals surface area contributed by atoms with Gasteiger partial charge in [0.15, 0.2) is 5.82 Å². The summed E-state index contributed by atoms with van der Waals surface area (Å²) in [5, 5.41) is 0. The number of carbonyl (C=O) groups is 2. The molecule has 3 aliphatic rings. The van der Waals surface area contributed by atoms with Crippen LogP contribution in [0.2, 0.25) is 0 Å². The van der Waals surface area contributed by atoms with Crippen molar-refractivity contribution in [1.29, 1.82) is 0 Å². The molecule has 7 heteroatoms. The zero-order valence-electron chi connectivity index (χ0n) is 16.1. The topological polar surface area (TPSA) is 81.6 Å². The largest absolute Gasteiger partial charge is 0.492 e. The van der Waals surface area contributed by atoms with Gasteiger partial charge in [0.2, 0.25) is 17.7 Å². The molecule has 0 bridgehead atoms. The molecule has 5 rings (SSSR count). The average molecular weight is 379 g/mol. The van der Waals surface area contributed by atoms with Gasteiger partial charge in [0, 0.05) is 17.4 Å². The van der Waals surface area contributed by atoms with Crippen molar-refractivity contribution in [3.8, 4) is 17.4 Å². The second-order valence-corrected chi connectivity index (χ2v) is 8.56. The predicted octanol–water partition coefficient (Wildman–Crippen LogP) is 3.29. The minimum Gasteiger partial charge on any atom is -0.492 e. The Bertz CT molecular complexity index is 1010. The Balaban J connectivity index is 1.43. The zero-order valence-corrected chi connectivity index (χ0v) is 16.1. The molecule has 7 nitrogen and oxygen atoms in total. The van der Waals surface area contributed by atoms with Crippen molar-refractivity contribution in [2.24, 2.45) is 5.41 Å². The van der Waals surface area contributed by atoms with Gasteiger partial charge in [-0.1, -0.05) is 19.9 Å². The van der Waals surface area contributed by atoms with Gasteiger partial charge in [-0.05, 0) is 31.4 Å². The summed E-state index contributed by atoms with van der Waals surface area (Å²) in [4.78, 5) is 34.3. The number of amides is 2. The van der Waals surface area contributed by atoms with E-state index in [1.165, 1.54) is 12.4 Å². The maximum atomic E-state index is 12.4. The Morgan fingerprint density at radius 2 is 1.93 bits per heavy atom. The number of aryl methyl sites for hydroxylation is 1. The lowest BCUT2D eigenvalue weighted by molar-refractivity contribution is -0.124. The lowest BCUT2D eigenvalue weighted by Crippen LogP contribution is -2.33. The highest BCUT2D eigenvalue weighted by molar-refractivity contribution is 6.21. The number of rotatable bonds is 3. The van der Waals surface area contributed by atoms with Crippen molar-refractivity contribution in [2.45, 2.75) is 45.4 Å². The lowest BCUT2D eigenvalue weighted by atomic mass is 9.92. The van der Waals surface area contributed by atoms with Gasteiger partial charge in [0.05, 0.1) is 24.4 Å². The first-order valence-electron chi connectivity index (χ1n) is 9.45. The van der Waals surface area contributed by atoms with Crippen molar-refractivity contribution < 1.29 is 19.1 Å². The van der Waals surface area contributed by atoms with Crippen LogP contribution in [0.1, 0.15) is 44.2 Å². The predicted molar refractivity (Wildman–Crippen MR) is 101 cm³/mol. The van der Waals surface area contributed by atoms with Gasteiger partial charge in [-0.15, -0.1) is 0 Å². The molecule has 1 spiro atoms. The summed E-state index contributed by atoms with van der Waals surface area (Å²) >= 11 is 0. The van der Waals surface area contributed by atoms with Crippen LogP contribution in [0.15, 0.2) is 24.5 Å². The van der Waals surface area contributed by atoms with Gasteiger partial charge in [0.25, 0.3) is 0 Å². The van der Waals surface area contributed by atoms with E-state index < -0.39 is 5.41 Å². The van der Waals surface area contributed by atoms with Crippen molar-refractivity contribution >= 4 is 17.6 Å². The summed E-state index contributed by atoms with van der Waals surface area (Å²) in [5.74, 6) is 1.66. The second-order valence-electron chi connectivity index (χ2n) is 8.56. The number of fused-ring (bicyclic) bond motifs is 2. The quantitative estimate of drug-likeness (QED) is 0.761. The van der Waals surface area contributed by atoms with Gasteiger partial charge in [-0.3, -0.25) is 9.59 Å². The molecular weight excluding hydrogens is 358 g/mol. The van der Waals surface area contributed by atoms with Crippen LogP contribution in [0.4, 0.5) is 5.82 Å². The highest BCUT2D eigenvalue weighted by Crippen LogP contribution is 2.59. The molecule has 0 unspecified atom stereocenters. The number of carbonyl (C=O) groups excluding carboxylic acids is 2. The van der Waals surface area contributed by atoms with E-state index in [9.17, 15) is 9.59 Å². The smallest absolute Gasteiger partial charge is 0.241 e. The molecule has 2 fully saturated rings. The molecule has 0 radical (unpaired) electrons. The first-order valence-corrected chi connectivity index (χ1v) is 9.45. The van der Waals surface area contributed by atoms with Gasteiger partial charge in [-0.25, -0.2) is 14.9 Å². The monoisotopic (exact) mass is 379 g/mol. The maximum Gasteiger partial charge on any atom is 0.241 e. The fourth-order valence-corrected chi connectivity index (χ4v) is 4.04. The summed E-state index contributed by atoms with van der Waals surface area (Å²) in [6.45, 7) is 6.24. The van der Waals surface area contributed by atoms with E-state index in [0.717, 1.165) is 40.4 Å². The minimum atomic E-state index is -0.713. The molecule has 28 heavy (non-hydrogen) atoms. The van der Waals surface area contributed by atoms with E-state index in [-0.39, 0.29) is 29.5 Å². The Morgan fingerprint density at radius 1 is 1.14 bits per heavy atom. The van der Waals surface area contributed by atoms with E-state index in [2.05, 4.69) is 9.97 Å². The third-order valence-corrected chi connectivity index (χ3v) is 5.88. The molecule has 1 saturated carbocycles. The van der Waals surface area contributed by atoms with Crippen molar-refractivity contribution in [3.05, 3.63) is 35.7 Å². The Labute approximate surface area is 162 Å². The van der Waals surface area contributed by atoms with Crippen LogP contribution < -0.4 is 14.4 Å². The number of ether oxygens (including phenoxy) is 2. The summed E-state index contributed by atoms with van der Waals surface area (Å²) in [5.41, 5.74) is 1.57. The minimum absolute atomic E-state index is 0.0734. The van der Waals surface area contributed by atoms with Crippen LogP contribution in [0, 0.1) is 12.3 Å². The molecule has 0 N–H and O–H groups in total. The third kappa shape index (κ3) is 2.42. The first-order chi connectivity index (χ1) is 13.3. The van der Waals surface area contributed by atoms with Crippen LogP contribution in [-0.4, -0.2) is 28.4 Å². The van der Waals surface area contributed by atoms with Gasteiger partial charge in [0.1, 0.15) is 11.5 Å². The molecule has 2 aromatic rings. The SMILES string of the molecule is Cc1ccc(Oc2cnc(N3C(=O)CC(C)(C)C3=O)cn2)c2c1OCC21CC1. The van der Waals surface area contributed by atoms with Gasteiger partial charge >= 0.3 is 0 Å². The van der Waals surface area contributed by atoms with E-state index in [4.69, 9.17) is 9.47 Å². The number of anilines is 1. The summed E-state index contributed by atoms with van der Waals surface area (Å²) in [7, 11) is 0. The molecule has 2 aliphatic heterocycles. The van der Waals surface area contributed by atoms with Crippen LogP contribution in [0.3, 0.4) is 0 Å². The average Bonchev–Trinajstić information content (AvgIpc) is 3.26. The van der Waals surface area contributed by atoms with E-state index in [1.807, 2.05) is 19.1 Å². The number of benzene rings is 1. The number of imide groups is 1. The van der Waals surface area contributed by atoms with Gasteiger partial charge in [-0.2, -0.15) is 0 Å². The number of nitrogens with zero attached hydrogens (tertiary/aromatic N) is 3. The van der Waals surface area contributed by atoms with Gasteiger partial charge < -0.3 is 9.47 Å². The first kappa shape index (κ1) is 17.2. The normalized spacial score (nSPS) is 21.0. The highest BCUT2D eigenvalue weighted by atomic mass is 16.5. The molecule has 1 aromatic carbocycles. The lowest BCUT2D eigenvalue weighted by Gasteiger charge is -2.17. The number of hydrogen-bond donors (Lipinski definition) is 0. The number of hydrogen-bond acceptors (Lipinski definition) is 6. The standard InChI is InChI=1S/C21H21N3O4/c1-12-4-5-13(17-18(12)27-11-21(17)6-7-21)28-15-10-22-14(9-23-15)24-16(25)8-20(2,3)19(24)26/h4-5,9-10H,6-8,11H2,1-3H3. The van der Waals surface area contributed by atoms with Crippen LogP contribution in [0.5, 0.6) is 17.4 Å². The Morgan fingerprint density at radius 3 is 2.54 bits per heavy atom. The Kier molecular flexibility index (Phi) is 3.39. The van der Waals surface area contributed by atoms with Crippen molar-refractivity contribution in [2.75, 3.05) is 11.5 Å². The molecule has 0 atom stereocenters. The number of aromatic nitrogens is 2. The molecule has 1 aliphatic carbocycles. The van der Waals surface area contributed by atoms with E-state index >= 15 is 0 Å². The fourth-order valence-electron chi connectivity index (χ4n) is 4.04. The molecule has 144 valence electrons. The molecule has 3 heterocycles. The maximum absolute atomic E-state index is 12.4. The second kappa shape index (κ2) is 5.53. The molecule has 1 aromatic heterocycles. The molecule has 1 saturated heterocycles. The summed E-state index contributed by atoms with van der Waals surface area (Å²) < 4.78 is 11.9. The Hall–Kier alpha value is -2.96. The fraction of sp³-hybridized carbons (Fsp3) is 0.429. The van der Waals surface area contributed by atoms with E-state index in [0.29, 0.717) is 12.5 Å². The van der Waals surface area contributed by atoms with Crippen molar-refractivity contribution in [1.82, 2.24) is 9.97 Å². The van der Waals surface area contributed by atoms with E-state index in [1.54, 1.807) is 13.8 Å². The van der Waals surface area contributed by atoms with Crippen LogP contribution >= 0.6 is 0 Å². The molecular formula is C21H21N3O4. The summed E-state index contributed by atoms with van der Waals surface area (Å²) in [6.07, 6.45) is 5.22. The van der Waals surface area contributed by atoms with Crippen molar-refractivity contribution in [3.63, 3.8) is 0 Å². The summed E-state index contributed by atoms with van der Waals surface area (Å²) in [6, 6.07) is 3.91. The zero-order chi connectivity index (χ0) is 19.7. The third-order valence-electron chi connectivity index (χ3n) is 5.88. The molecule has 2 amide bonds. The van der Waals surface area contributed by atoms with Crippen LogP contribution in [0.25, 0.3) is 0 Å². The highest BCUT2D eigenvalue weighted by Gasteiger charge is 2.53.